The van der Waals surface area contributed by atoms with Crippen LogP contribution < -0.4 is 4.90 Å². The SMILES string of the molecule is CC.CCN1CCN(c2ccc([N+](=O)[O-])cn2)CC1. The second-order valence-electron chi connectivity index (χ2n) is 4.05. The van der Waals surface area contributed by atoms with Crippen LogP contribution >= 0.6 is 0 Å². The highest BCUT2D eigenvalue weighted by atomic mass is 16.6. The van der Waals surface area contributed by atoms with Gasteiger partial charge in [0, 0.05) is 32.2 Å². The van der Waals surface area contributed by atoms with Gasteiger partial charge in [0.15, 0.2) is 0 Å². The first-order chi connectivity index (χ1) is 9.20. The normalized spacial score (nSPS) is 15.6. The van der Waals surface area contributed by atoms with Gasteiger partial charge in [0.25, 0.3) is 5.69 Å². The van der Waals surface area contributed by atoms with Gasteiger partial charge in [0.05, 0.1) is 4.92 Å². The highest BCUT2D eigenvalue weighted by molar-refractivity contribution is 5.43. The van der Waals surface area contributed by atoms with Crippen molar-refractivity contribution in [2.75, 3.05) is 37.6 Å². The minimum absolute atomic E-state index is 0.0425. The Bertz CT molecular complexity index is 386. The summed E-state index contributed by atoms with van der Waals surface area (Å²) in [6.45, 7) is 11.1. The molecular formula is C13H22N4O2. The van der Waals surface area contributed by atoms with E-state index in [1.807, 2.05) is 13.8 Å². The summed E-state index contributed by atoms with van der Waals surface area (Å²) < 4.78 is 0. The molecule has 0 N–H and O–H groups in total. The van der Waals surface area contributed by atoms with Crippen LogP contribution in [0.5, 0.6) is 0 Å². The van der Waals surface area contributed by atoms with Gasteiger partial charge in [-0.1, -0.05) is 20.8 Å². The smallest absolute Gasteiger partial charge is 0.287 e. The summed E-state index contributed by atoms with van der Waals surface area (Å²) in [6, 6.07) is 3.23. The van der Waals surface area contributed by atoms with Crippen molar-refractivity contribution >= 4 is 11.5 Å². The van der Waals surface area contributed by atoms with Crippen molar-refractivity contribution in [1.82, 2.24) is 9.88 Å². The molecule has 0 saturated carbocycles. The number of hydrogen-bond acceptors (Lipinski definition) is 5. The molecule has 0 amide bonds. The highest BCUT2D eigenvalue weighted by Crippen LogP contribution is 2.17. The van der Waals surface area contributed by atoms with E-state index < -0.39 is 4.92 Å². The van der Waals surface area contributed by atoms with Crippen LogP contribution in [-0.4, -0.2) is 47.5 Å². The summed E-state index contributed by atoms with van der Waals surface area (Å²) in [4.78, 5) is 18.8. The predicted octanol–water partition coefficient (Wildman–Crippen LogP) is 2.16. The molecule has 1 fully saturated rings. The van der Waals surface area contributed by atoms with Crippen LogP contribution in [0.3, 0.4) is 0 Å². The molecule has 2 heterocycles. The Hall–Kier alpha value is -1.69. The van der Waals surface area contributed by atoms with Gasteiger partial charge in [0.1, 0.15) is 12.0 Å². The van der Waals surface area contributed by atoms with E-state index in [0.29, 0.717) is 0 Å². The van der Waals surface area contributed by atoms with Crippen molar-refractivity contribution in [3.8, 4) is 0 Å². The molecule has 0 radical (unpaired) electrons. The molecule has 0 atom stereocenters. The number of aromatic nitrogens is 1. The molecule has 1 aromatic heterocycles. The Kier molecular flexibility index (Phi) is 6.21. The Balaban J connectivity index is 0.000000861. The van der Waals surface area contributed by atoms with E-state index in [-0.39, 0.29) is 5.69 Å². The topological polar surface area (TPSA) is 62.5 Å². The Labute approximate surface area is 114 Å². The molecular weight excluding hydrogens is 244 g/mol. The number of nitro groups is 1. The van der Waals surface area contributed by atoms with Gasteiger partial charge in [-0.25, -0.2) is 4.98 Å². The molecule has 106 valence electrons. The minimum atomic E-state index is -0.425. The van der Waals surface area contributed by atoms with Gasteiger partial charge in [-0.15, -0.1) is 0 Å². The van der Waals surface area contributed by atoms with Gasteiger partial charge in [-0.3, -0.25) is 10.1 Å². The van der Waals surface area contributed by atoms with Crippen molar-refractivity contribution < 1.29 is 4.92 Å². The number of anilines is 1. The van der Waals surface area contributed by atoms with Gasteiger partial charge in [-0.2, -0.15) is 0 Å². The third-order valence-electron chi connectivity index (χ3n) is 3.09. The average Bonchev–Trinajstić information content (AvgIpc) is 2.49. The number of likely N-dealkylation sites (N-methyl/N-ethyl adjacent to an activating group) is 1. The molecule has 1 aliphatic rings. The molecule has 19 heavy (non-hydrogen) atoms. The third kappa shape index (κ3) is 4.17. The largest absolute Gasteiger partial charge is 0.354 e. The van der Waals surface area contributed by atoms with Gasteiger partial charge in [0.2, 0.25) is 0 Å². The lowest BCUT2D eigenvalue weighted by Crippen LogP contribution is -2.46. The molecule has 2 rings (SSSR count). The molecule has 0 unspecified atom stereocenters. The fourth-order valence-electron chi connectivity index (χ4n) is 1.97. The van der Waals surface area contributed by atoms with Crippen LogP contribution in [-0.2, 0) is 0 Å². The van der Waals surface area contributed by atoms with Crippen molar-refractivity contribution in [2.24, 2.45) is 0 Å². The molecule has 0 aliphatic carbocycles. The Morgan fingerprint density at radius 3 is 2.32 bits per heavy atom. The summed E-state index contributed by atoms with van der Waals surface area (Å²) in [5.41, 5.74) is 0.0425. The lowest BCUT2D eigenvalue weighted by atomic mass is 10.3. The summed E-state index contributed by atoms with van der Waals surface area (Å²) in [6.07, 6.45) is 1.32. The number of nitrogens with zero attached hydrogens (tertiary/aromatic N) is 4. The molecule has 1 aromatic rings. The first-order valence-electron chi connectivity index (χ1n) is 6.78. The second-order valence-corrected chi connectivity index (χ2v) is 4.05. The first-order valence-corrected chi connectivity index (χ1v) is 6.78. The lowest BCUT2D eigenvalue weighted by molar-refractivity contribution is -0.385. The predicted molar refractivity (Wildman–Crippen MR) is 76.6 cm³/mol. The van der Waals surface area contributed by atoms with E-state index in [2.05, 4.69) is 21.7 Å². The van der Waals surface area contributed by atoms with Crippen molar-refractivity contribution in [3.63, 3.8) is 0 Å². The zero-order valence-electron chi connectivity index (χ0n) is 11.9. The average molecular weight is 266 g/mol. The number of pyridine rings is 1. The van der Waals surface area contributed by atoms with E-state index in [0.717, 1.165) is 38.5 Å². The lowest BCUT2D eigenvalue weighted by Gasteiger charge is -2.34. The van der Waals surface area contributed by atoms with Crippen LogP contribution in [0, 0.1) is 10.1 Å². The number of piperazine rings is 1. The van der Waals surface area contributed by atoms with Gasteiger partial charge >= 0.3 is 0 Å². The van der Waals surface area contributed by atoms with Gasteiger partial charge in [-0.05, 0) is 12.6 Å². The zero-order chi connectivity index (χ0) is 14.3. The molecule has 6 nitrogen and oxygen atoms in total. The first kappa shape index (κ1) is 15.4. The van der Waals surface area contributed by atoms with Crippen LogP contribution in [0.25, 0.3) is 0 Å². The van der Waals surface area contributed by atoms with Gasteiger partial charge < -0.3 is 9.80 Å². The summed E-state index contributed by atoms with van der Waals surface area (Å²) in [5, 5.41) is 10.5. The van der Waals surface area contributed by atoms with Crippen LogP contribution in [0.15, 0.2) is 18.3 Å². The summed E-state index contributed by atoms with van der Waals surface area (Å²) in [7, 11) is 0. The molecule has 0 aromatic carbocycles. The maximum Gasteiger partial charge on any atom is 0.287 e. The minimum Gasteiger partial charge on any atom is -0.354 e. The van der Waals surface area contributed by atoms with E-state index in [4.69, 9.17) is 0 Å². The Morgan fingerprint density at radius 2 is 1.89 bits per heavy atom. The second kappa shape index (κ2) is 7.68. The highest BCUT2D eigenvalue weighted by Gasteiger charge is 2.17. The maximum absolute atomic E-state index is 10.5. The van der Waals surface area contributed by atoms with Crippen molar-refractivity contribution in [3.05, 3.63) is 28.4 Å². The monoisotopic (exact) mass is 266 g/mol. The number of hydrogen-bond donors (Lipinski definition) is 0. The van der Waals surface area contributed by atoms with Crippen LogP contribution in [0.4, 0.5) is 11.5 Å². The Morgan fingerprint density at radius 1 is 1.26 bits per heavy atom. The molecule has 0 spiro atoms. The van der Waals surface area contributed by atoms with E-state index in [1.54, 1.807) is 6.07 Å². The third-order valence-corrected chi connectivity index (χ3v) is 3.09. The molecule has 1 saturated heterocycles. The molecule has 1 aliphatic heterocycles. The van der Waals surface area contributed by atoms with E-state index >= 15 is 0 Å². The fraction of sp³-hybridized carbons (Fsp3) is 0.615. The summed E-state index contributed by atoms with van der Waals surface area (Å²) in [5.74, 6) is 0.825. The van der Waals surface area contributed by atoms with Crippen molar-refractivity contribution in [2.45, 2.75) is 20.8 Å². The van der Waals surface area contributed by atoms with E-state index in [1.165, 1.54) is 12.3 Å². The van der Waals surface area contributed by atoms with Crippen molar-refractivity contribution in [1.29, 1.82) is 0 Å². The van der Waals surface area contributed by atoms with Crippen LogP contribution in [0.1, 0.15) is 20.8 Å². The van der Waals surface area contributed by atoms with Crippen LogP contribution in [0.2, 0.25) is 0 Å². The summed E-state index contributed by atoms with van der Waals surface area (Å²) >= 11 is 0. The standard InChI is InChI=1S/C11H16N4O2.C2H6/c1-2-13-5-7-14(8-6-13)11-4-3-10(9-12-11)15(16)17;1-2/h3-4,9H,2,5-8H2,1H3;1-2H3. The van der Waals surface area contributed by atoms with E-state index in [9.17, 15) is 10.1 Å². The zero-order valence-corrected chi connectivity index (χ0v) is 11.9. The molecule has 6 heteroatoms. The fourth-order valence-corrected chi connectivity index (χ4v) is 1.97. The number of rotatable bonds is 3. The quantitative estimate of drug-likeness (QED) is 0.619. The molecule has 0 bridgehead atoms. The maximum atomic E-state index is 10.5.